The Labute approximate surface area is 104 Å². The number of sulfonamides is 1. The highest BCUT2D eigenvalue weighted by molar-refractivity contribution is 7.89. The van der Waals surface area contributed by atoms with E-state index in [1.807, 2.05) is 27.7 Å². The molecule has 0 aliphatic heterocycles. The van der Waals surface area contributed by atoms with E-state index in [-0.39, 0.29) is 22.6 Å². The van der Waals surface area contributed by atoms with Gasteiger partial charge in [0.15, 0.2) is 0 Å². The highest BCUT2D eigenvalue weighted by Gasteiger charge is 2.48. The monoisotopic (exact) mass is 267 g/mol. The van der Waals surface area contributed by atoms with Crippen LogP contribution >= 0.6 is 11.6 Å². The van der Waals surface area contributed by atoms with E-state index in [2.05, 4.69) is 4.72 Å². The van der Waals surface area contributed by atoms with E-state index >= 15 is 0 Å². The summed E-state index contributed by atoms with van der Waals surface area (Å²) in [5, 5.41) is 0.0744. The van der Waals surface area contributed by atoms with Gasteiger partial charge in [0, 0.05) is 11.4 Å². The van der Waals surface area contributed by atoms with Crippen LogP contribution in [0.3, 0.4) is 0 Å². The Bertz CT molecular complexity index is 338. The smallest absolute Gasteiger partial charge is 0.211 e. The number of hydrogen-bond donors (Lipinski definition) is 1. The van der Waals surface area contributed by atoms with Gasteiger partial charge in [-0.3, -0.25) is 0 Å². The molecule has 3 nitrogen and oxygen atoms in total. The first-order chi connectivity index (χ1) is 7.15. The van der Waals surface area contributed by atoms with Crippen molar-refractivity contribution in [3.05, 3.63) is 0 Å². The van der Waals surface area contributed by atoms with Gasteiger partial charge in [0.25, 0.3) is 0 Å². The molecule has 96 valence electrons. The lowest BCUT2D eigenvalue weighted by atomic mass is 9.67. The van der Waals surface area contributed by atoms with Crippen LogP contribution in [0.25, 0.3) is 0 Å². The summed E-state index contributed by atoms with van der Waals surface area (Å²) in [4.78, 5) is 0. The third kappa shape index (κ3) is 3.34. The van der Waals surface area contributed by atoms with E-state index in [0.717, 1.165) is 6.42 Å². The van der Waals surface area contributed by atoms with Crippen LogP contribution in [-0.2, 0) is 10.0 Å². The maximum atomic E-state index is 11.8. The molecule has 0 radical (unpaired) electrons. The van der Waals surface area contributed by atoms with Crippen LogP contribution in [0, 0.1) is 11.3 Å². The van der Waals surface area contributed by atoms with Gasteiger partial charge in [-0.2, -0.15) is 0 Å². The van der Waals surface area contributed by atoms with Crippen LogP contribution in [0.1, 0.15) is 40.5 Å². The van der Waals surface area contributed by atoms with E-state index in [0.29, 0.717) is 12.3 Å². The van der Waals surface area contributed by atoms with Crippen molar-refractivity contribution in [2.75, 3.05) is 5.75 Å². The van der Waals surface area contributed by atoms with Crippen molar-refractivity contribution >= 4 is 21.6 Å². The minimum atomic E-state index is -3.14. The van der Waals surface area contributed by atoms with Crippen molar-refractivity contribution in [2.24, 2.45) is 11.3 Å². The first-order valence-electron chi connectivity index (χ1n) is 5.79. The Morgan fingerprint density at radius 3 is 2.38 bits per heavy atom. The van der Waals surface area contributed by atoms with E-state index in [4.69, 9.17) is 11.6 Å². The van der Waals surface area contributed by atoms with Crippen LogP contribution < -0.4 is 4.72 Å². The Kier molecular flexibility index (Phi) is 4.30. The maximum absolute atomic E-state index is 11.8. The maximum Gasteiger partial charge on any atom is 0.211 e. The van der Waals surface area contributed by atoms with Crippen LogP contribution in [0.5, 0.6) is 0 Å². The quantitative estimate of drug-likeness (QED) is 0.778. The summed E-state index contributed by atoms with van der Waals surface area (Å²) in [6.07, 6.45) is 1.43. The molecule has 1 aliphatic carbocycles. The molecule has 0 aromatic carbocycles. The van der Waals surface area contributed by atoms with Gasteiger partial charge in [-0.15, -0.1) is 11.6 Å². The predicted molar refractivity (Wildman–Crippen MR) is 68.2 cm³/mol. The molecule has 2 atom stereocenters. The number of nitrogens with one attached hydrogen (secondary N) is 1. The molecule has 1 saturated carbocycles. The molecule has 2 unspecified atom stereocenters. The Morgan fingerprint density at radius 1 is 1.44 bits per heavy atom. The molecule has 1 N–H and O–H groups in total. The Balaban J connectivity index is 2.49. The predicted octanol–water partition coefficient (Wildman–Crippen LogP) is 2.36. The molecule has 0 bridgehead atoms. The first-order valence-corrected chi connectivity index (χ1v) is 7.88. The summed E-state index contributed by atoms with van der Waals surface area (Å²) in [7, 11) is -3.14. The van der Waals surface area contributed by atoms with Gasteiger partial charge in [0.05, 0.1) is 5.75 Å². The van der Waals surface area contributed by atoms with Crippen molar-refractivity contribution in [1.29, 1.82) is 0 Å². The molecule has 1 rings (SSSR count). The average Bonchev–Trinajstić information content (AvgIpc) is 2.14. The summed E-state index contributed by atoms with van der Waals surface area (Å²) in [6, 6.07) is -0.00726. The van der Waals surface area contributed by atoms with Gasteiger partial charge < -0.3 is 0 Å². The minimum absolute atomic E-state index is 0.00726. The fourth-order valence-electron chi connectivity index (χ4n) is 1.74. The van der Waals surface area contributed by atoms with Crippen molar-refractivity contribution < 1.29 is 8.42 Å². The molecule has 0 aromatic heterocycles. The van der Waals surface area contributed by atoms with E-state index in [9.17, 15) is 8.42 Å². The standard InChI is InChI=1S/C11H22ClNO2S/c1-8(2)5-6-16(14,15)13-10-7-9(12)11(10,3)4/h8-10,13H,5-7H2,1-4H3. The highest BCUT2D eigenvalue weighted by Crippen LogP contribution is 2.44. The third-order valence-electron chi connectivity index (χ3n) is 3.43. The van der Waals surface area contributed by atoms with Gasteiger partial charge in [0.2, 0.25) is 10.0 Å². The van der Waals surface area contributed by atoms with Gasteiger partial charge in [-0.25, -0.2) is 13.1 Å². The lowest BCUT2D eigenvalue weighted by molar-refractivity contribution is 0.137. The van der Waals surface area contributed by atoms with Crippen molar-refractivity contribution in [2.45, 2.75) is 52.0 Å². The molecule has 0 amide bonds. The summed E-state index contributed by atoms with van der Waals surface area (Å²) in [5.74, 6) is 0.622. The molecule has 1 aliphatic rings. The minimum Gasteiger partial charge on any atom is -0.212 e. The average molecular weight is 268 g/mol. The summed E-state index contributed by atoms with van der Waals surface area (Å²) >= 11 is 6.06. The largest absolute Gasteiger partial charge is 0.212 e. The molecule has 0 saturated heterocycles. The number of halogens is 1. The molecule has 0 spiro atoms. The van der Waals surface area contributed by atoms with Crippen LogP contribution in [-0.4, -0.2) is 25.6 Å². The van der Waals surface area contributed by atoms with E-state index < -0.39 is 10.0 Å². The van der Waals surface area contributed by atoms with Crippen molar-refractivity contribution in [3.8, 4) is 0 Å². The normalized spacial score (nSPS) is 29.1. The van der Waals surface area contributed by atoms with E-state index in [1.165, 1.54) is 0 Å². The van der Waals surface area contributed by atoms with E-state index in [1.54, 1.807) is 0 Å². The fourth-order valence-corrected chi connectivity index (χ4v) is 3.80. The second-order valence-corrected chi connectivity index (χ2v) is 8.10. The molecular formula is C11H22ClNO2S. The SMILES string of the molecule is CC(C)CCS(=O)(=O)NC1CC(Cl)C1(C)C. The van der Waals surface area contributed by atoms with Crippen LogP contribution in [0.2, 0.25) is 0 Å². The Morgan fingerprint density at radius 2 is 2.00 bits per heavy atom. The van der Waals surface area contributed by atoms with Crippen LogP contribution in [0.4, 0.5) is 0 Å². The number of rotatable bonds is 5. The van der Waals surface area contributed by atoms with Gasteiger partial charge >= 0.3 is 0 Å². The third-order valence-corrected chi connectivity index (χ3v) is 5.59. The summed E-state index contributed by atoms with van der Waals surface area (Å²) in [6.45, 7) is 8.06. The lowest BCUT2D eigenvalue weighted by Gasteiger charge is -2.49. The molecule has 0 heterocycles. The first kappa shape index (κ1) is 14.3. The van der Waals surface area contributed by atoms with Crippen molar-refractivity contribution in [3.63, 3.8) is 0 Å². The lowest BCUT2D eigenvalue weighted by Crippen LogP contribution is -2.59. The highest BCUT2D eigenvalue weighted by atomic mass is 35.5. The number of hydrogen-bond acceptors (Lipinski definition) is 2. The second kappa shape index (κ2) is 4.83. The molecule has 0 aromatic rings. The zero-order chi connectivity index (χ0) is 12.6. The van der Waals surface area contributed by atoms with Crippen LogP contribution in [0.15, 0.2) is 0 Å². The molecule has 16 heavy (non-hydrogen) atoms. The number of alkyl halides is 1. The van der Waals surface area contributed by atoms with Gasteiger partial charge in [-0.1, -0.05) is 27.7 Å². The second-order valence-electron chi connectivity index (χ2n) is 5.70. The zero-order valence-electron chi connectivity index (χ0n) is 10.5. The fraction of sp³-hybridized carbons (Fsp3) is 1.00. The molecule has 1 fully saturated rings. The molecule has 5 heteroatoms. The topological polar surface area (TPSA) is 46.2 Å². The summed E-state index contributed by atoms with van der Waals surface area (Å²) < 4.78 is 26.3. The van der Waals surface area contributed by atoms with Gasteiger partial charge in [0.1, 0.15) is 0 Å². The van der Waals surface area contributed by atoms with Crippen molar-refractivity contribution in [1.82, 2.24) is 4.72 Å². The summed E-state index contributed by atoms with van der Waals surface area (Å²) in [5.41, 5.74) is -0.132. The zero-order valence-corrected chi connectivity index (χ0v) is 12.0. The molecular weight excluding hydrogens is 246 g/mol. The Hall–Kier alpha value is 0.200. The van der Waals surface area contributed by atoms with Gasteiger partial charge in [-0.05, 0) is 24.2 Å².